The Bertz CT molecular complexity index is 1330. The quantitative estimate of drug-likeness (QED) is 0.391. The third-order valence-corrected chi connectivity index (χ3v) is 9.77. The predicted octanol–water partition coefficient (Wildman–Crippen LogP) is 2.32. The van der Waals surface area contributed by atoms with Crippen molar-refractivity contribution in [3.05, 3.63) is 47.1 Å². The normalized spacial score (nSPS) is 35.2. The highest BCUT2D eigenvalue weighted by atomic mass is 32.2. The molecule has 6 aliphatic rings. The van der Waals surface area contributed by atoms with E-state index in [-0.39, 0.29) is 29.8 Å². The Hall–Kier alpha value is -2.40. The lowest BCUT2D eigenvalue weighted by molar-refractivity contribution is -0.198. The Kier molecular flexibility index (Phi) is 5.99. The van der Waals surface area contributed by atoms with Crippen LogP contribution in [-0.2, 0) is 26.7 Å². The Labute approximate surface area is 223 Å². The standard InChI is InChI=1S/C27H32N2O4.CH4O3S/c1-2-12-28-13-11-26-22-16-7-8-20(30)23(22)33-24(26)19(9-10-27(26,32)21(28)14-16)29-15-17-5-3-4-6-18(17)25(29)31;1-5(2,3)4/h2,7-8,19,21,24,30,32H,1,3-6,9-15H2;1H3,(H,2,3,4)/t19?,21-,24+,26+,27?;/m1./s1. The lowest BCUT2D eigenvalue weighted by atomic mass is 9.48. The maximum absolute atomic E-state index is 13.5. The van der Waals surface area contributed by atoms with Crippen LogP contribution in [0.2, 0.25) is 0 Å². The number of hydrogen-bond acceptors (Lipinski definition) is 7. The van der Waals surface area contributed by atoms with Gasteiger partial charge in [0.15, 0.2) is 11.5 Å². The van der Waals surface area contributed by atoms with E-state index >= 15 is 0 Å². The van der Waals surface area contributed by atoms with Gasteiger partial charge in [-0.05, 0) is 75.1 Å². The second-order valence-corrected chi connectivity index (χ2v) is 13.2. The third-order valence-electron chi connectivity index (χ3n) is 9.77. The minimum Gasteiger partial charge on any atom is -0.504 e. The number of nitrogens with zero attached hydrogens (tertiary/aromatic N) is 2. The van der Waals surface area contributed by atoms with E-state index in [1.807, 2.05) is 12.1 Å². The number of carbonyl (C=O) groups excluding carboxylic acids is 1. The Morgan fingerprint density at radius 1 is 1.24 bits per heavy atom. The summed E-state index contributed by atoms with van der Waals surface area (Å²) in [5.74, 6) is 0.871. The number of amides is 1. The van der Waals surface area contributed by atoms with E-state index in [2.05, 4.69) is 16.4 Å². The summed E-state index contributed by atoms with van der Waals surface area (Å²) >= 11 is 0. The van der Waals surface area contributed by atoms with Crippen LogP contribution >= 0.6 is 0 Å². The zero-order chi connectivity index (χ0) is 27.0. The molecule has 2 unspecified atom stereocenters. The third kappa shape index (κ3) is 3.60. The van der Waals surface area contributed by atoms with E-state index < -0.39 is 21.1 Å². The first-order chi connectivity index (χ1) is 18.0. The van der Waals surface area contributed by atoms with E-state index in [0.29, 0.717) is 25.0 Å². The number of hydrogen-bond donors (Lipinski definition) is 3. The molecule has 206 valence electrons. The topological polar surface area (TPSA) is 128 Å². The molecule has 0 aromatic heterocycles. The summed E-state index contributed by atoms with van der Waals surface area (Å²) in [6.45, 7) is 6.25. The van der Waals surface area contributed by atoms with Crippen molar-refractivity contribution in [1.29, 1.82) is 0 Å². The van der Waals surface area contributed by atoms with Gasteiger partial charge < -0.3 is 19.8 Å². The summed E-state index contributed by atoms with van der Waals surface area (Å²) in [7, 11) is -3.67. The number of benzene rings is 1. The molecular weight excluding hydrogens is 508 g/mol. The van der Waals surface area contributed by atoms with Crippen LogP contribution in [0.5, 0.6) is 11.5 Å². The zero-order valence-electron chi connectivity index (χ0n) is 21.7. The average molecular weight is 545 g/mol. The molecule has 1 spiro atoms. The van der Waals surface area contributed by atoms with Crippen molar-refractivity contribution in [2.45, 2.75) is 80.6 Å². The number of aromatic hydroxyl groups is 1. The predicted molar refractivity (Wildman–Crippen MR) is 141 cm³/mol. The SMILES string of the molecule is C=CCN1CC[C@]23c4c5ccc(O)c4O[C@H]2C(N2CC4=C(CCCC4)C2=O)CCC3(O)[C@H]1C5.CS(=O)(=O)O. The zero-order valence-corrected chi connectivity index (χ0v) is 22.5. The molecule has 9 nitrogen and oxygen atoms in total. The summed E-state index contributed by atoms with van der Waals surface area (Å²) in [4.78, 5) is 17.9. The van der Waals surface area contributed by atoms with Gasteiger partial charge in [0.2, 0.25) is 5.91 Å². The molecule has 1 aromatic rings. The van der Waals surface area contributed by atoms with Crippen LogP contribution in [0.25, 0.3) is 0 Å². The Balaban J connectivity index is 0.000000487. The van der Waals surface area contributed by atoms with E-state index in [4.69, 9.17) is 9.29 Å². The molecule has 5 atom stereocenters. The van der Waals surface area contributed by atoms with Gasteiger partial charge in [-0.15, -0.1) is 6.58 Å². The van der Waals surface area contributed by atoms with Crippen molar-refractivity contribution in [1.82, 2.24) is 9.80 Å². The number of rotatable bonds is 3. The van der Waals surface area contributed by atoms with Gasteiger partial charge in [-0.2, -0.15) is 8.42 Å². The summed E-state index contributed by atoms with van der Waals surface area (Å²) < 4.78 is 32.5. The van der Waals surface area contributed by atoms with E-state index in [0.717, 1.165) is 69.2 Å². The molecule has 3 aliphatic carbocycles. The lowest BCUT2D eigenvalue weighted by Crippen LogP contribution is -2.78. The minimum atomic E-state index is -3.67. The van der Waals surface area contributed by atoms with E-state index in [1.165, 1.54) is 11.1 Å². The molecule has 7 rings (SSSR count). The molecule has 2 bridgehead atoms. The van der Waals surface area contributed by atoms with Gasteiger partial charge in [-0.3, -0.25) is 14.2 Å². The largest absolute Gasteiger partial charge is 0.504 e. The number of aliphatic hydroxyl groups is 1. The fourth-order valence-electron chi connectivity index (χ4n) is 8.43. The second kappa shape index (κ2) is 8.81. The number of phenols is 1. The molecule has 38 heavy (non-hydrogen) atoms. The number of likely N-dealkylation sites (tertiary alicyclic amines) is 1. The molecule has 1 amide bonds. The van der Waals surface area contributed by atoms with Gasteiger partial charge in [0, 0.05) is 30.3 Å². The van der Waals surface area contributed by atoms with Gasteiger partial charge in [0.1, 0.15) is 6.10 Å². The minimum absolute atomic E-state index is 0.0140. The Morgan fingerprint density at radius 3 is 2.68 bits per heavy atom. The number of ether oxygens (including phenoxy) is 1. The first-order valence-corrected chi connectivity index (χ1v) is 15.4. The molecule has 1 aromatic carbocycles. The van der Waals surface area contributed by atoms with Crippen LogP contribution in [0.3, 0.4) is 0 Å². The van der Waals surface area contributed by atoms with Crippen molar-refractivity contribution in [2.24, 2.45) is 0 Å². The molecular formula is C28H36N2O7S. The molecule has 10 heteroatoms. The van der Waals surface area contributed by atoms with Gasteiger partial charge >= 0.3 is 0 Å². The molecule has 0 radical (unpaired) electrons. The number of phenolic OH excluding ortho intramolecular Hbond substituents is 1. The fraction of sp³-hybridized carbons (Fsp3) is 0.607. The number of carbonyl (C=O) groups is 1. The van der Waals surface area contributed by atoms with Crippen molar-refractivity contribution in [2.75, 3.05) is 25.9 Å². The molecule has 3 aliphatic heterocycles. The highest BCUT2D eigenvalue weighted by Gasteiger charge is 2.73. The summed E-state index contributed by atoms with van der Waals surface area (Å²) in [5, 5.41) is 23.3. The maximum Gasteiger partial charge on any atom is 0.261 e. The first-order valence-electron chi connectivity index (χ1n) is 13.5. The van der Waals surface area contributed by atoms with Gasteiger partial charge in [-0.25, -0.2) is 0 Å². The van der Waals surface area contributed by atoms with Crippen molar-refractivity contribution in [3.8, 4) is 11.5 Å². The second-order valence-electron chi connectivity index (χ2n) is 11.7. The van der Waals surface area contributed by atoms with E-state index in [1.54, 1.807) is 6.07 Å². The molecule has 3 N–H and O–H groups in total. The summed E-state index contributed by atoms with van der Waals surface area (Å²) in [6.07, 6.45) is 9.33. The highest BCUT2D eigenvalue weighted by molar-refractivity contribution is 7.85. The van der Waals surface area contributed by atoms with Crippen LogP contribution in [-0.4, -0.2) is 88.6 Å². The summed E-state index contributed by atoms with van der Waals surface area (Å²) in [6, 6.07) is 3.64. The van der Waals surface area contributed by atoms with Gasteiger partial charge in [0.25, 0.3) is 10.1 Å². The first kappa shape index (κ1) is 25.9. The molecule has 3 heterocycles. The smallest absolute Gasteiger partial charge is 0.261 e. The molecule has 1 saturated heterocycles. The molecule has 1 saturated carbocycles. The molecule has 2 fully saturated rings. The monoisotopic (exact) mass is 544 g/mol. The number of piperidine rings is 1. The van der Waals surface area contributed by atoms with Crippen molar-refractivity contribution >= 4 is 16.0 Å². The highest BCUT2D eigenvalue weighted by Crippen LogP contribution is 2.66. The van der Waals surface area contributed by atoms with Crippen LogP contribution in [0, 0.1) is 0 Å². The van der Waals surface area contributed by atoms with Crippen molar-refractivity contribution in [3.63, 3.8) is 0 Å². The summed E-state index contributed by atoms with van der Waals surface area (Å²) in [5.41, 5.74) is 2.98. The maximum atomic E-state index is 13.5. The lowest BCUT2D eigenvalue weighted by Gasteiger charge is -2.64. The van der Waals surface area contributed by atoms with Crippen LogP contribution in [0.4, 0.5) is 0 Å². The van der Waals surface area contributed by atoms with Gasteiger partial charge in [0.05, 0.1) is 23.3 Å². The van der Waals surface area contributed by atoms with Crippen LogP contribution in [0.1, 0.15) is 56.1 Å². The average Bonchev–Trinajstić information content (AvgIpc) is 3.37. The van der Waals surface area contributed by atoms with E-state index in [9.17, 15) is 23.4 Å². The fourth-order valence-corrected chi connectivity index (χ4v) is 8.43. The van der Waals surface area contributed by atoms with Crippen molar-refractivity contribution < 1.29 is 32.7 Å². The Morgan fingerprint density at radius 2 is 1.97 bits per heavy atom. The van der Waals surface area contributed by atoms with Crippen LogP contribution < -0.4 is 4.74 Å². The van der Waals surface area contributed by atoms with Crippen LogP contribution in [0.15, 0.2) is 35.9 Å². The van der Waals surface area contributed by atoms with Gasteiger partial charge in [-0.1, -0.05) is 12.1 Å².